The van der Waals surface area contributed by atoms with Gasteiger partial charge in [-0.3, -0.25) is 0 Å². The first-order valence-corrected chi connectivity index (χ1v) is 5.98. The van der Waals surface area contributed by atoms with Crippen LogP contribution in [0.5, 0.6) is 0 Å². The molecule has 0 unspecified atom stereocenters. The number of hydrogen-bond donors (Lipinski definition) is 2. The highest BCUT2D eigenvalue weighted by Crippen LogP contribution is 2.20. The molecule has 2 heterocycles. The molecular weight excluding hydrogens is 250 g/mol. The first kappa shape index (κ1) is 13.3. The van der Waals surface area contributed by atoms with Crippen molar-refractivity contribution >= 4 is 12.0 Å². The van der Waals surface area contributed by atoms with Gasteiger partial charge in [0, 0.05) is 18.6 Å². The fraction of sp³-hybridized carbons (Fsp3) is 0.636. The number of rotatable bonds is 2. The zero-order valence-corrected chi connectivity index (χ0v) is 11.1. The second-order valence-corrected chi connectivity index (χ2v) is 5.63. The maximum Gasteiger partial charge on any atom is 0.358 e. The van der Waals surface area contributed by atoms with Crippen molar-refractivity contribution in [3.05, 3.63) is 11.9 Å². The number of carboxylic acid groups (broad SMARTS) is 1. The minimum absolute atomic E-state index is 0.00804. The first-order chi connectivity index (χ1) is 8.76. The van der Waals surface area contributed by atoms with Crippen molar-refractivity contribution in [2.75, 3.05) is 13.1 Å². The van der Waals surface area contributed by atoms with Crippen LogP contribution in [-0.4, -0.2) is 55.6 Å². The molecule has 1 aliphatic heterocycles. The van der Waals surface area contributed by atoms with Crippen LogP contribution in [0.25, 0.3) is 0 Å². The van der Waals surface area contributed by atoms with Crippen LogP contribution in [0.4, 0.5) is 4.79 Å². The number of hydrogen-bond acceptors (Lipinski definition) is 4. The fourth-order valence-electron chi connectivity index (χ4n) is 1.74. The highest BCUT2D eigenvalue weighted by molar-refractivity contribution is 5.84. The maximum atomic E-state index is 11.8. The van der Waals surface area contributed by atoms with Crippen LogP contribution in [0, 0.1) is 0 Å². The second-order valence-electron chi connectivity index (χ2n) is 5.63. The summed E-state index contributed by atoms with van der Waals surface area (Å²) in [7, 11) is 0. The molecule has 0 aromatic carbocycles. The average molecular weight is 267 g/mol. The van der Waals surface area contributed by atoms with Crippen molar-refractivity contribution in [1.29, 1.82) is 0 Å². The normalized spacial score (nSPS) is 16.1. The largest absolute Gasteiger partial charge is 0.476 e. The molecule has 8 heteroatoms. The molecule has 8 nitrogen and oxygen atoms in total. The Bertz CT molecular complexity index is 499. The Hall–Kier alpha value is -2.12. The Morgan fingerprint density at radius 2 is 2.05 bits per heavy atom. The number of carbonyl (C=O) groups excluding carboxylic acids is 1. The van der Waals surface area contributed by atoms with Crippen LogP contribution in [-0.2, 0) is 0 Å². The summed E-state index contributed by atoms with van der Waals surface area (Å²) in [5.41, 5.74) is -0.357. The molecule has 0 saturated carbocycles. The van der Waals surface area contributed by atoms with Gasteiger partial charge in [-0.2, -0.15) is 0 Å². The monoisotopic (exact) mass is 267 g/mol. The number of aromatic carboxylic acids is 1. The number of likely N-dealkylation sites (tertiary alicyclic amines) is 1. The predicted octanol–water partition coefficient (Wildman–Crippen LogP) is 0.341. The lowest BCUT2D eigenvalue weighted by Crippen LogP contribution is -2.57. The lowest BCUT2D eigenvalue weighted by atomic mass is 10.1. The molecule has 1 aromatic heterocycles. The van der Waals surface area contributed by atoms with E-state index in [0.717, 1.165) is 0 Å². The number of aromatic nitrogens is 3. The Kier molecular flexibility index (Phi) is 3.17. The van der Waals surface area contributed by atoms with Crippen LogP contribution in [0.2, 0.25) is 0 Å². The van der Waals surface area contributed by atoms with Crippen molar-refractivity contribution in [3.8, 4) is 0 Å². The van der Waals surface area contributed by atoms with Crippen molar-refractivity contribution in [1.82, 2.24) is 25.2 Å². The third-order valence-corrected chi connectivity index (χ3v) is 2.73. The summed E-state index contributed by atoms with van der Waals surface area (Å²) in [5, 5.41) is 18.9. The number of carboxylic acids is 1. The molecule has 1 saturated heterocycles. The highest BCUT2D eigenvalue weighted by atomic mass is 16.4. The summed E-state index contributed by atoms with van der Waals surface area (Å²) in [6, 6.07) is -0.131. The highest BCUT2D eigenvalue weighted by Gasteiger charge is 2.34. The molecule has 2 rings (SSSR count). The summed E-state index contributed by atoms with van der Waals surface area (Å²) in [6.45, 7) is 6.75. The Morgan fingerprint density at radius 3 is 2.53 bits per heavy atom. The van der Waals surface area contributed by atoms with Crippen LogP contribution < -0.4 is 5.32 Å². The number of urea groups is 1. The Morgan fingerprint density at radius 1 is 1.42 bits per heavy atom. The quantitative estimate of drug-likeness (QED) is 0.804. The van der Waals surface area contributed by atoms with Crippen LogP contribution in [0.1, 0.15) is 37.3 Å². The van der Waals surface area contributed by atoms with E-state index in [4.69, 9.17) is 5.11 Å². The van der Waals surface area contributed by atoms with E-state index in [2.05, 4.69) is 15.6 Å². The van der Waals surface area contributed by atoms with Gasteiger partial charge in [0.15, 0.2) is 5.69 Å². The molecule has 104 valence electrons. The van der Waals surface area contributed by atoms with Gasteiger partial charge in [0.1, 0.15) is 0 Å². The van der Waals surface area contributed by atoms with Gasteiger partial charge in [-0.25, -0.2) is 14.3 Å². The zero-order valence-electron chi connectivity index (χ0n) is 11.1. The van der Waals surface area contributed by atoms with E-state index in [1.165, 1.54) is 10.9 Å². The van der Waals surface area contributed by atoms with Gasteiger partial charge in [0.25, 0.3) is 0 Å². The van der Waals surface area contributed by atoms with E-state index in [-0.39, 0.29) is 23.3 Å². The van der Waals surface area contributed by atoms with Crippen LogP contribution >= 0.6 is 0 Å². The molecule has 1 aliphatic rings. The van der Waals surface area contributed by atoms with E-state index >= 15 is 0 Å². The minimum atomic E-state index is -1.10. The van der Waals surface area contributed by atoms with Crippen LogP contribution in [0.15, 0.2) is 6.20 Å². The van der Waals surface area contributed by atoms with Gasteiger partial charge in [-0.1, -0.05) is 5.21 Å². The van der Waals surface area contributed by atoms with Gasteiger partial charge in [0.2, 0.25) is 0 Å². The number of nitrogens with zero attached hydrogens (tertiary/aromatic N) is 4. The molecule has 1 aromatic rings. The SMILES string of the molecule is CC(C)(C)NC(=O)N1CC(n2cc(C(=O)O)nn2)C1. The second kappa shape index (κ2) is 4.52. The first-order valence-electron chi connectivity index (χ1n) is 5.98. The number of carbonyl (C=O) groups is 2. The predicted molar refractivity (Wildman–Crippen MR) is 65.9 cm³/mol. The standard InChI is InChI=1S/C11H17N5O3/c1-11(2,3)12-10(19)15-4-7(5-15)16-6-8(9(17)18)13-14-16/h6-7H,4-5H2,1-3H3,(H,12,19)(H,17,18). The fourth-order valence-corrected chi connectivity index (χ4v) is 1.74. The molecule has 2 amide bonds. The third kappa shape index (κ3) is 3.01. The molecule has 0 atom stereocenters. The molecule has 0 bridgehead atoms. The zero-order chi connectivity index (χ0) is 14.2. The van der Waals surface area contributed by atoms with Crippen molar-refractivity contribution in [2.45, 2.75) is 32.4 Å². The summed E-state index contributed by atoms with van der Waals surface area (Å²) in [5.74, 6) is -1.10. The van der Waals surface area contributed by atoms with Gasteiger partial charge in [0.05, 0.1) is 12.2 Å². The summed E-state index contributed by atoms with van der Waals surface area (Å²) in [6.07, 6.45) is 1.38. The van der Waals surface area contributed by atoms with Gasteiger partial charge in [-0.05, 0) is 20.8 Å². The van der Waals surface area contributed by atoms with E-state index in [1.54, 1.807) is 4.90 Å². The van der Waals surface area contributed by atoms with Crippen molar-refractivity contribution in [3.63, 3.8) is 0 Å². The average Bonchev–Trinajstić information content (AvgIpc) is 2.61. The van der Waals surface area contributed by atoms with E-state index < -0.39 is 5.97 Å². The van der Waals surface area contributed by atoms with Gasteiger partial charge >= 0.3 is 12.0 Å². The third-order valence-electron chi connectivity index (χ3n) is 2.73. The number of amides is 2. The number of nitrogens with one attached hydrogen (secondary N) is 1. The molecule has 0 radical (unpaired) electrons. The van der Waals surface area contributed by atoms with Crippen molar-refractivity contribution < 1.29 is 14.7 Å². The Balaban J connectivity index is 1.89. The van der Waals surface area contributed by atoms with Crippen molar-refractivity contribution in [2.24, 2.45) is 0 Å². The minimum Gasteiger partial charge on any atom is -0.476 e. The lowest BCUT2D eigenvalue weighted by Gasteiger charge is -2.40. The van der Waals surface area contributed by atoms with Gasteiger partial charge < -0.3 is 15.3 Å². The molecule has 2 N–H and O–H groups in total. The molecule has 0 spiro atoms. The smallest absolute Gasteiger partial charge is 0.358 e. The summed E-state index contributed by atoms with van der Waals surface area (Å²) in [4.78, 5) is 24.1. The lowest BCUT2D eigenvalue weighted by molar-refractivity contribution is 0.0690. The molecule has 1 fully saturated rings. The summed E-state index contributed by atoms with van der Waals surface area (Å²) >= 11 is 0. The Labute approximate surface area is 110 Å². The van der Waals surface area contributed by atoms with E-state index in [9.17, 15) is 9.59 Å². The topological polar surface area (TPSA) is 100 Å². The van der Waals surface area contributed by atoms with Crippen LogP contribution in [0.3, 0.4) is 0 Å². The molecule has 0 aliphatic carbocycles. The van der Waals surface area contributed by atoms with Gasteiger partial charge in [-0.15, -0.1) is 5.10 Å². The molecule has 19 heavy (non-hydrogen) atoms. The summed E-state index contributed by atoms with van der Waals surface area (Å²) < 4.78 is 1.49. The van der Waals surface area contributed by atoms with E-state index in [1.807, 2.05) is 20.8 Å². The van der Waals surface area contributed by atoms with E-state index in [0.29, 0.717) is 13.1 Å². The maximum absolute atomic E-state index is 11.8. The molecular formula is C11H17N5O3.